The van der Waals surface area contributed by atoms with E-state index in [1.165, 1.54) is 12.1 Å². The number of anilines is 1. The van der Waals surface area contributed by atoms with Crippen LogP contribution in [0.3, 0.4) is 0 Å². The maximum absolute atomic E-state index is 13.1. The van der Waals surface area contributed by atoms with Crippen LogP contribution in [0.2, 0.25) is 0 Å². The number of carbonyl (C=O) groups excluding carboxylic acids is 1. The van der Waals surface area contributed by atoms with Gasteiger partial charge in [0.1, 0.15) is 11.2 Å². The number of thioether (sulfide) groups is 1. The molecule has 2 aromatic rings. The Bertz CT molecular complexity index is 614. The molecule has 2 atom stereocenters. The molecular formula is C16H14FNOS. The van der Waals surface area contributed by atoms with Crippen LogP contribution < -0.4 is 4.90 Å². The predicted octanol–water partition coefficient (Wildman–Crippen LogP) is 3.99. The highest BCUT2D eigenvalue weighted by Gasteiger charge is 2.39. The van der Waals surface area contributed by atoms with Crippen molar-refractivity contribution in [1.82, 2.24) is 0 Å². The molecule has 0 aromatic heterocycles. The number of amides is 1. The first-order valence-corrected chi connectivity index (χ1v) is 7.40. The number of rotatable bonds is 2. The maximum atomic E-state index is 13.1. The van der Waals surface area contributed by atoms with Gasteiger partial charge in [-0.25, -0.2) is 4.39 Å². The van der Waals surface area contributed by atoms with Gasteiger partial charge in [0.05, 0.1) is 5.25 Å². The Labute approximate surface area is 121 Å². The maximum Gasteiger partial charge on any atom is 0.241 e. The second-order valence-electron chi connectivity index (χ2n) is 4.73. The van der Waals surface area contributed by atoms with Crippen molar-refractivity contribution in [2.45, 2.75) is 17.5 Å². The van der Waals surface area contributed by atoms with Crippen LogP contribution in [0.15, 0.2) is 54.6 Å². The SMILES string of the molecule is CC1SC(c2ccccc2)N(c2ccc(F)cc2)C1=O. The zero-order valence-electron chi connectivity index (χ0n) is 11.0. The monoisotopic (exact) mass is 287 g/mol. The van der Waals surface area contributed by atoms with E-state index in [1.54, 1.807) is 28.8 Å². The number of benzene rings is 2. The van der Waals surface area contributed by atoms with Crippen LogP contribution in [0.25, 0.3) is 0 Å². The van der Waals surface area contributed by atoms with Crippen molar-refractivity contribution in [3.63, 3.8) is 0 Å². The molecule has 4 heteroatoms. The molecule has 0 N–H and O–H groups in total. The third-order valence-electron chi connectivity index (χ3n) is 3.34. The first kappa shape index (κ1) is 13.2. The van der Waals surface area contributed by atoms with Crippen molar-refractivity contribution in [1.29, 1.82) is 0 Å². The van der Waals surface area contributed by atoms with Crippen LogP contribution in [0.4, 0.5) is 10.1 Å². The van der Waals surface area contributed by atoms with Crippen molar-refractivity contribution in [2.24, 2.45) is 0 Å². The minimum Gasteiger partial charge on any atom is -0.295 e. The van der Waals surface area contributed by atoms with Gasteiger partial charge in [0, 0.05) is 5.69 Å². The van der Waals surface area contributed by atoms with Crippen LogP contribution in [0.1, 0.15) is 17.9 Å². The Morgan fingerprint density at radius 3 is 2.35 bits per heavy atom. The number of carbonyl (C=O) groups is 1. The smallest absolute Gasteiger partial charge is 0.241 e. The molecule has 1 amide bonds. The molecule has 2 nitrogen and oxygen atoms in total. The van der Waals surface area contributed by atoms with Gasteiger partial charge in [-0.2, -0.15) is 0 Å². The fraction of sp³-hybridized carbons (Fsp3) is 0.188. The predicted molar refractivity (Wildman–Crippen MR) is 80.1 cm³/mol. The lowest BCUT2D eigenvalue weighted by molar-refractivity contribution is -0.117. The van der Waals surface area contributed by atoms with Crippen LogP contribution in [-0.4, -0.2) is 11.2 Å². The van der Waals surface area contributed by atoms with E-state index in [0.717, 1.165) is 11.3 Å². The number of nitrogens with zero attached hydrogens (tertiary/aromatic N) is 1. The van der Waals surface area contributed by atoms with Gasteiger partial charge in [-0.05, 0) is 36.8 Å². The fourth-order valence-corrected chi connectivity index (χ4v) is 3.61. The summed E-state index contributed by atoms with van der Waals surface area (Å²) in [4.78, 5) is 14.1. The van der Waals surface area contributed by atoms with Gasteiger partial charge in [-0.3, -0.25) is 9.69 Å². The van der Waals surface area contributed by atoms with E-state index in [-0.39, 0.29) is 22.3 Å². The quantitative estimate of drug-likeness (QED) is 0.832. The largest absolute Gasteiger partial charge is 0.295 e. The van der Waals surface area contributed by atoms with Gasteiger partial charge in [0.2, 0.25) is 5.91 Å². The normalized spacial score (nSPS) is 22.3. The van der Waals surface area contributed by atoms with E-state index in [9.17, 15) is 9.18 Å². The summed E-state index contributed by atoms with van der Waals surface area (Å²) in [6.07, 6.45) is 0. The lowest BCUT2D eigenvalue weighted by Gasteiger charge is -2.24. The Morgan fingerprint density at radius 2 is 1.70 bits per heavy atom. The first-order valence-electron chi connectivity index (χ1n) is 6.46. The Kier molecular flexibility index (Phi) is 3.49. The summed E-state index contributed by atoms with van der Waals surface area (Å²) in [5.74, 6) is -0.229. The minimum absolute atomic E-state index is 0.0517. The van der Waals surface area contributed by atoms with E-state index < -0.39 is 0 Å². The molecule has 0 radical (unpaired) electrons. The molecule has 1 aliphatic rings. The molecule has 102 valence electrons. The van der Waals surface area contributed by atoms with Crippen LogP contribution in [-0.2, 0) is 4.79 Å². The lowest BCUT2D eigenvalue weighted by Crippen LogP contribution is -2.30. The molecule has 1 heterocycles. The Morgan fingerprint density at radius 1 is 1.05 bits per heavy atom. The van der Waals surface area contributed by atoms with Gasteiger partial charge >= 0.3 is 0 Å². The second-order valence-corrected chi connectivity index (χ2v) is 6.15. The average Bonchev–Trinajstić information content (AvgIpc) is 2.77. The van der Waals surface area contributed by atoms with E-state index in [1.807, 2.05) is 37.3 Å². The summed E-state index contributed by atoms with van der Waals surface area (Å²) in [6, 6.07) is 16.0. The molecule has 0 bridgehead atoms. The molecular weight excluding hydrogens is 273 g/mol. The summed E-state index contributed by atoms with van der Waals surface area (Å²) in [7, 11) is 0. The van der Waals surface area contributed by atoms with E-state index in [4.69, 9.17) is 0 Å². The summed E-state index contributed by atoms with van der Waals surface area (Å²) in [6.45, 7) is 1.91. The molecule has 0 spiro atoms. The second kappa shape index (κ2) is 5.29. The summed E-state index contributed by atoms with van der Waals surface area (Å²) >= 11 is 1.62. The Hall–Kier alpha value is -1.81. The Balaban J connectivity index is 2.01. The van der Waals surface area contributed by atoms with Crippen LogP contribution in [0, 0.1) is 5.82 Å². The molecule has 1 fully saturated rings. The molecule has 1 saturated heterocycles. The lowest BCUT2D eigenvalue weighted by atomic mass is 10.2. The van der Waals surface area contributed by atoms with E-state index in [2.05, 4.69) is 0 Å². The number of hydrogen-bond donors (Lipinski definition) is 0. The fourth-order valence-electron chi connectivity index (χ4n) is 2.33. The standard InChI is InChI=1S/C16H14FNOS/c1-11-15(19)18(14-9-7-13(17)8-10-14)16(20-11)12-5-3-2-4-6-12/h2-11,16H,1H3. The zero-order chi connectivity index (χ0) is 14.1. The zero-order valence-corrected chi connectivity index (χ0v) is 11.8. The number of halogens is 1. The van der Waals surface area contributed by atoms with Gasteiger partial charge in [0.15, 0.2) is 0 Å². The van der Waals surface area contributed by atoms with Gasteiger partial charge in [0.25, 0.3) is 0 Å². The highest BCUT2D eigenvalue weighted by Crippen LogP contribution is 2.45. The van der Waals surface area contributed by atoms with Crippen molar-refractivity contribution < 1.29 is 9.18 Å². The van der Waals surface area contributed by atoms with Crippen LogP contribution >= 0.6 is 11.8 Å². The third-order valence-corrected chi connectivity index (χ3v) is 4.69. The molecule has 2 unspecified atom stereocenters. The number of hydrogen-bond acceptors (Lipinski definition) is 2. The van der Waals surface area contributed by atoms with Gasteiger partial charge in [-0.1, -0.05) is 30.3 Å². The van der Waals surface area contributed by atoms with E-state index >= 15 is 0 Å². The molecule has 20 heavy (non-hydrogen) atoms. The summed E-state index contributed by atoms with van der Waals surface area (Å²) in [5.41, 5.74) is 1.82. The highest BCUT2D eigenvalue weighted by atomic mass is 32.2. The summed E-state index contributed by atoms with van der Waals surface area (Å²) < 4.78 is 13.1. The molecule has 0 aliphatic carbocycles. The molecule has 2 aromatic carbocycles. The third kappa shape index (κ3) is 2.31. The molecule has 3 rings (SSSR count). The van der Waals surface area contributed by atoms with Crippen molar-refractivity contribution >= 4 is 23.4 Å². The van der Waals surface area contributed by atoms with Crippen molar-refractivity contribution in [3.05, 3.63) is 66.0 Å². The van der Waals surface area contributed by atoms with Gasteiger partial charge in [-0.15, -0.1) is 11.8 Å². The average molecular weight is 287 g/mol. The van der Waals surface area contributed by atoms with Crippen molar-refractivity contribution in [3.8, 4) is 0 Å². The topological polar surface area (TPSA) is 20.3 Å². The van der Waals surface area contributed by atoms with E-state index in [0.29, 0.717) is 0 Å². The van der Waals surface area contributed by atoms with Gasteiger partial charge < -0.3 is 0 Å². The molecule has 1 aliphatic heterocycles. The first-order chi connectivity index (χ1) is 9.66. The van der Waals surface area contributed by atoms with Crippen LogP contribution in [0.5, 0.6) is 0 Å². The summed E-state index contributed by atoms with van der Waals surface area (Å²) in [5, 5.41) is -0.144. The molecule has 0 saturated carbocycles. The highest BCUT2D eigenvalue weighted by molar-refractivity contribution is 8.01. The van der Waals surface area contributed by atoms with Crippen molar-refractivity contribution in [2.75, 3.05) is 4.90 Å². The minimum atomic E-state index is -0.294.